The van der Waals surface area contributed by atoms with Crippen LogP contribution in [0.3, 0.4) is 0 Å². The highest BCUT2D eigenvalue weighted by molar-refractivity contribution is 5.73. The van der Waals surface area contributed by atoms with Crippen LogP contribution in [0.2, 0.25) is 0 Å². The van der Waals surface area contributed by atoms with Gasteiger partial charge in [0.25, 0.3) is 0 Å². The van der Waals surface area contributed by atoms with Gasteiger partial charge in [0.1, 0.15) is 0 Å². The summed E-state index contributed by atoms with van der Waals surface area (Å²) in [5.41, 5.74) is 4.09. The van der Waals surface area contributed by atoms with Gasteiger partial charge < -0.3 is 9.64 Å². The monoisotopic (exact) mass is 366 g/mol. The standard InChI is InChI=1S/C22H30N4O/c1-23-19-5-2-3-6-20(19)25-12-9-18(8-11-24-13-15-27-16-14-24)17-22(25)21-7-4-10-26(21)23/h2-7,10,18,22H,8-9,11-17H2,1H3. The second kappa shape index (κ2) is 7.21. The van der Waals surface area contributed by atoms with Crippen molar-refractivity contribution in [2.24, 2.45) is 5.92 Å². The van der Waals surface area contributed by atoms with E-state index in [-0.39, 0.29) is 0 Å². The summed E-state index contributed by atoms with van der Waals surface area (Å²) in [4.78, 5) is 5.23. The molecule has 4 heterocycles. The van der Waals surface area contributed by atoms with Gasteiger partial charge in [0.15, 0.2) is 0 Å². The van der Waals surface area contributed by atoms with Crippen LogP contribution >= 0.6 is 0 Å². The molecule has 0 N–H and O–H groups in total. The summed E-state index contributed by atoms with van der Waals surface area (Å²) >= 11 is 0. The van der Waals surface area contributed by atoms with E-state index in [9.17, 15) is 0 Å². The Bertz CT molecular complexity index is 782. The van der Waals surface area contributed by atoms with Gasteiger partial charge in [-0.1, -0.05) is 12.1 Å². The predicted octanol–water partition coefficient (Wildman–Crippen LogP) is 3.38. The minimum atomic E-state index is 0.467. The molecule has 5 rings (SSSR count). The van der Waals surface area contributed by atoms with Crippen LogP contribution in [-0.2, 0) is 4.74 Å². The Balaban J connectivity index is 1.38. The Morgan fingerprint density at radius 2 is 1.81 bits per heavy atom. The lowest BCUT2D eigenvalue weighted by atomic mass is 9.86. The van der Waals surface area contributed by atoms with Crippen LogP contribution in [0.5, 0.6) is 0 Å². The van der Waals surface area contributed by atoms with Gasteiger partial charge in [-0.3, -0.25) is 14.6 Å². The Hall–Kier alpha value is -1.98. The van der Waals surface area contributed by atoms with E-state index in [1.807, 2.05) is 0 Å². The maximum absolute atomic E-state index is 5.49. The molecule has 3 aliphatic rings. The van der Waals surface area contributed by atoms with E-state index in [4.69, 9.17) is 4.74 Å². The third kappa shape index (κ3) is 3.13. The number of nitrogens with zero attached hydrogens (tertiary/aromatic N) is 4. The van der Waals surface area contributed by atoms with Crippen LogP contribution in [0.15, 0.2) is 42.6 Å². The van der Waals surface area contributed by atoms with Gasteiger partial charge in [-0.05, 0) is 56.0 Å². The number of morpholine rings is 1. The van der Waals surface area contributed by atoms with Crippen LogP contribution in [-0.4, -0.2) is 56.0 Å². The molecule has 0 saturated carbocycles. The molecule has 0 spiro atoms. The van der Waals surface area contributed by atoms with Gasteiger partial charge in [-0.15, -0.1) is 0 Å². The van der Waals surface area contributed by atoms with Crippen LogP contribution in [0.4, 0.5) is 11.4 Å². The van der Waals surface area contributed by atoms with Crippen LogP contribution in [0.25, 0.3) is 0 Å². The van der Waals surface area contributed by atoms with Crippen molar-refractivity contribution in [3.8, 4) is 0 Å². The molecule has 0 bridgehead atoms. The summed E-state index contributed by atoms with van der Waals surface area (Å²) in [6, 6.07) is 13.8. The summed E-state index contributed by atoms with van der Waals surface area (Å²) in [5, 5.41) is 2.30. The number of rotatable bonds is 3. The number of piperidine rings is 1. The van der Waals surface area contributed by atoms with Crippen molar-refractivity contribution in [1.82, 2.24) is 9.58 Å². The van der Waals surface area contributed by atoms with E-state index in [0.29, 0.717) is 6.04 Å². The van der Waals surface area contributed by atoms with Gasteiger partial charge in [0, 0.05) is 32.9 Å². The molecule has 2 aromatic rings. The van der Waals surface area contributed by atoms with E-state index in [2.05, 4.69) is 69.1 Å². The zero-order valence-corrected chi connectivity index (χ0v) is 16.3. The molecule has 1 aromatic heterocycles. The van der Waals surface area contributed by atoms with Crippen LogP contribution < -0.4 is 9.91 Å². The van der Waals surface area contributed by atoms with Gasteiger partial charge in [0.05, 0.1) is 36.3 Å². The van der Waals surface area contributed by atoms with Gasteiger partial charge >= 0.3 is 0 Å². The van der Waals surface area contributed by atoms with Crippen molar-refractivity contribution in [2.75, 3.05) is 56.3 Å². The number of hydrogen-bond acceptors (Lipinski definition) is 4. The lowest BCUT2D eigenvalue weighted by Gasteiger charge is -2.41. The SMILES string of the molecule is CN1c2ccccc2N2CCC(CCN3CCOCC3)CC2c2cccn21. The third-order valence-corrected chi connectivity index (χ3v) is 6.63. The number of fused-ring (bicyclic) bond motifs is 5. The van der Waals surface area contributed by atoms with E-state index < -0.39 is 0 Å². The topological polar surface area (TPSA) is 23.9 Å². The van der Waals surface area contributed by atoms with Crippen molar-refractivity contribution in [2.45, 2.75) is 25.3 Å². The quantitative estimate of drug-likeness (QED) is 0.831. The first-order chi connectivity index (χ1) is 13.3. The molecule has 2 saturated heterocycles. The van der Waals surface area contributed by atoms with Gasteiger partial charge in [-0.25, -0.2) is 0 Å². The van der Waals surface area contributed by atoms with E-state index >= 15 is 0 Å². The zero-order valence-electron chi connectivity index (χ0n) is 16.3. The number of para-hydroxylation sites is 2. The summed E-state index contributed by atoms with van der Waals surface area (Å²) in [6.07, 6.45) is 6.05. The van der Waals surface area contributed by atoms with Crippen molar-refractivity contribution >= 4 is 11.4 Å². The highest BCUT2D eigenvalue weighted by Crippen LogP contribution is 2.44. The molecule has 2 fully saturated rings. The lowest BCUT2D eigenvalue weighted by Crippen LogP contribution is -2.40. The molecule has 3 aliphatic heterocycles. The molecule has 144 valence electrons. The molecule has 2 unspecified atom stereocenters. The van der Waals surface area contributed by atoms with Crippen molar-refractivity contribution in [1.29, 1.82) is 0 Å². The van der Waals surface area contributed by atoms with Gasteiger partial charge in [0.2, 0.25) is 0 Å². The zero-order chi connectivity index (χ0) is 18.2. The summed E-state index contributed by atoms with van der Waals surface area (Å²) < 4.78 is 7.83. The van der Waals surface area contributed by atoms with Gasteiger partial charge in [-0.2, -0.15) is 0 Å². The average Bonchev–Trinajstić information content (AvgIpc) is 3.19. The highest BCUT2D eigenvalue weighted by atomic mass is 16.5. The molecule has 27 heavy (non-hydrogen) atoms. The molecule has 0 aliphatic carbocycles. The second-order valence-corrected chi connectivity index (χ2v) is 8.13. The number of ether oxygens (including phenoxy) is 1. The summed E-state index contributed by atoms with van der Waals surface area (Å²) in [6.45, 7) is 6.37. The first kappa shape index (κ1) is 17.1. The van der Waals surface area contributed by atoms with Crippen LogP contribution in [0.1, 0.15) is 31.0 Å². The van der Waals surface area contributed by atoms with E-state index in [1.165, 1.54) is 42.9 Å². The predicted molar refractivity (Wildman–Crippen MR) is 109 cm³/mol. The number of benzene rings is 1. The molecule has 0 amide bonds. The maximum Gasteiger partial charge on any atom is 0.0808 e. The Morgan fingerprint density at radius 1 is 1.00 bits per heavy atom. The lowest BCUT2D eigenvalue weighted by molar-refractivity contribution is 0.0345. The fraction of sp³-hybridized carbons (Fsp3) is 0.545. The second-order valence-electron chi connectivity index (χ2n) is 8.13. The van der Waals surface area contributed by atoms with Crippen molar-refractivity contribution in [3.05, 3.63) is 48.3 Å². The molecule has 1 aromatic carbocycles. The van der Waals surface area contributed by atoms with E-state index in [1.54, 1.807) is 0 Å². The molecule has 5 nitrogen and oxygen atoms in total. The average molecular weight is 367 g/mol. The number of aromatic nitrogens is 1. The Morgan fingerprint density at radius 3 is 2.67 bits per heavy atom. The maximum atomic E-state index is 5.49. The van der Waals surface area contributed by atoms with Crippen molar-refractivity contribution < 1.29 is 4.74 Å². The molecular weight excluding hydrogens is 336 g/mol. The van der Waals surface area contributed by atoms with E-state index in [0.717, 1.165) is 38.8 Å². The molecular formula is C22H30N4O. The summed E-state index contributed by atoms with van der Waals surface area (Å²) in [5.74, 6) is 0.799. The molecule has 5 heteroatoms. The minimum Gasteiger partial charge on any atom is -0.379 e. The first-order valence-corrected chi connectivity index (χ1v) is 10.4. The highest BCUT2D eigenvalue weighted by Gasteiger charge is 2.35. The number of hydrogen-bond donors (Lipinski definition) is 0. The molecule has 2 atom stereocenters. The minimum absolute atomic E-state index is 0.467. The number of anilines is 2. The molecule has 0 radical (unpaired) electrons. The Labute approximate surface area is 162 Å². The third-order valence-electron chi connectivity index (χ3n) is 6.63. The smallest absolute Gasteiger partial charge is 0.0808 e. The fourth-order valence-corrected chi connectivity index (χ4v) is 5.08. The Kier molecular flexibility index (Phi) is 4.58. The van der Waals surface area contributed by atoms with Crippen molar-refractivity contribution in [3.63, 3.8) is 0 Å². The largest absolute Gasteiger partial charge is 0.379 e. The summed E-state index contributed by atoms with van der Waals surface area (Å²) in [7, 11) is 2.18. The normalized spacial score (nSPS) is 25.5. The fourth-order valence-electron chi connectivity index (χ4n) is 5.08. The van der Waals surface area contributed by atoms with Crippen LogP contribution in [0, 0.1) is 5.92 Å². The first-order valence-electron chi connectivity index (χ1n) is 10.4.